The van der Waals surface area contributed by atoms with Crippen molar-refractivity contribution < 1.29 is 116 Å². The summed E-state index contributed by atoms with van der Waals surface area (Å²) in [7, 11) is 0. The topological polar surface area (TPSA) is 850 Å². The molecule has 800 valence electrons. The Labute approximate surface area is 881 Å². The van der Waals surface area contributed by atoms with E-state index < -0.39 is 246 Å². The quantitative estimate of drug-likeness (QED) is 0.00272. The number of nitro groups is 4. The number of para-hydroxylation sites is 4. The molecule has 64 heteroatoms. The molecular weight excluding hydrogens is 2250 g/mol. The van der Waals surface area contributed by atoms with E-state index in [0.29, 0.717) is 0 Å². The predicted octanol–water partition coefficient (Wildman–Crippen LogP) is 12.2. The maximum atomic E-state index is 14.2. The second-order valence-corrected chi connectivity index (χ2v) is 41.7. The van der Waals surface area contributed by atoms with Gasteiger partial charge in [-0.15, -0.1) is 20.4 Å². The van der Waals surface area contributed by atoms with Gasteiger partial charge in [-0.1, -0.05) is 129 Å². The van der Waals surface area contributed by atoms with E-state index in [4.69, 9.17) is 45.8 Å². The third kappa shape index (κ3) is 35.3. The summed E-state index contributed by atoms with van der Waals surface area (Å²) in [6.45, 7) is 10.1. The number of esters is 5. The van der Waals surface area contributed by atoms with E-state index in [1.54, 1.807) is 20.8 Å². The lowest BCUT2D eigenvalue weighted by Gasteiger charge is -2.33. The van der Waals surface area contributed by atoms with Gasteiger partial charge in [0, 0.05) is 51.2 Å². The first-order valence-corrected chi connectivity index (χ1v) is 48.0. The second-order valence-electron chi connectivity index (χ2n) is 37.3. The molecule has 0 fully saturated rings. The van der Waals surface area contributed by atoms with Gasteiger partial charge in [-0.3, -0.25) is 117 Å². The van der Waals surface area contributed by atoms with Crippen LogP contribution in [0.25, 0.3) is 41.8 Å². The van der Waals surface area contributed by atoms with Crippen LogP contribution in [0.5, 0.6) is 0 Å². The van der Waals surface area contributed by atoms with Crippen LogP contribution in [0.2, 0.25) is 0 Å². The first-order valence-electron chi connectivity index (χ1n) is 44.3. The summed E-state index contributed by atoms with van der Waals surface area (Å²) in [5, 5.41) is 138. The van der Waals surface area contributed by atoms with Crippen LogP contribution >= 0.6 is 63.7 Å². The number of hydrogen-bond donors (Lipinski definition) is 7. The summed E-state index contributed by atoms with van der Waals surface area (Å²) in [6, 6.07) is 14.8. The van der Waals surface area contributed by atoms with Gasteiger partial charge in [-0.25, -0.2) is 0 Å². The third-order valence-corrected chi connectivity index (χ3v) is 24.8. The van der Waals surface area contributed by atoms with E-state index >= 15 is 0 Å². The molecule has 0 saturated heterocycles. The Morgan fingerprint density at radius 1 is 0.367 bits per heavy atom. The number of nitro benzene ring substituents is 4. The predicted molar refractivity (Wildman–Crippen MR) is 530 cm³/mol. The highest BCUT2D eigenvalue weighted by Crippen LogP contribution is 2.38. The Morgan fingerprint density at radius 3 is 0.773 bits per heavy atom. The van der Waals surface area contributed by atoms with Crippen LogP contribution in [0.4, 0.5) is 22.7 Å². The van der Waals surface area contributed by atoms with Gasteiger partial charge in [0.05, 0.1) is 141 Å². The number of alkyl halides is 4. The van der Waals surface area contributed by atoms with Gasteiger partial charge in [-0.05, 0) is 178 Å². The maximum Gasteiger partial charge on any atom is 0.320 e. The van der Waals surface area contributed by atoms with Crippen LogP contribution in [0.3, 0.4) is 0 Å². The van der Waals surface area contributed by atoms with Crippen molar-refractivity contribution in [1.29, 1.82) is 0 Å². The molecule has 4 atom stereocenters. The van der Waals surface area contributed by atoms with Gasteiger partial charge in [-0.2, -0.15) is 0 Å². The lowest BCUT2D eigenvalue weighted by molar-refractivity contribution is -0.386. The molecule has 0 aliphatic rings. The molecule has 7 N–H and O–H groups in total. The van der Waals surface area contributed by atoms with E-state index in [-0.39, 0.29) is 123 Å². The number of carbonyl (C=O) groups excluding carboxylic acids is 9. The number of aromatic nitrogens is 12. The zero-order valence-electron chi connectivity index (χ0n) is 81.8. The Hall–Kier alpha value is -16.2. The van der Waals surface area contributed by atoms with Crippen LogP contribution in [0.15, 0.2) is 118 Å². The van der Waals surface area contributed by atoms with Crippen molar-refractivity contribution >= 4 is 158 Å². The summed E-state index contributed by atoms with van der Waals surface area (Å²) in [4.78, 5) is 211. The fourth-order valence-electron chi connectivity index (χ4n) is 14.4. The van der Waals surface area contributed by atoms with Gasteiger partial charge in [0.15, 0.2) is 0 Å². The molecule has 8 aromatic rings. The lowest BCUT2D eigenvalue weighted by atomic mass is 9.87. The number of carboxylic acid groups (broad SMARTS) is 3. The Morgan fingerprint density at radius 2 is 0.580 bits per heavy atom. The molecule has 4 heterocycles. The summed E-state index contributed by atoms with van der Waals surface area (Å²) in [5.41, 5.74) is 18.5. The third-order valence-electron chi connectivity index (χ3n) is 22.0. The lowest BCUT2D eigenvalue weighted by Crippen LogP contribution is -2.41. The van der Waals surface area contributed by atoms with Crippen molar-refractivity contribution in [2.24, 2.45) is 52.9 Å². The van der Waals surface area contributed by atoms with Crippen molar-refractivity contribution in [3.8, 4) is 0 Å². The van der Waals surface area contributed by atoms with E-state index in [1.807, 2.05) is 0 Å². The average Bonchev–Trinajstić information content (AvgIpc) is 1.63. The summed E-state index contributed by atoms with van der Waals surface area (Å²) in [6.07, 6.45) is 4.68. The number of amides is 4. The van der Waals surface area contributed by atoms with Crippen LogP contribution < -0.4 is 21.3 Å². The molecule has 0 aliphatic heterocycles. The van der Waals surface area contributed by atoms with E-state index in [9.17, 15) is 113 Å². The molecule has 0 bridgehead atoms. The number of carboxylic acids is 3. The Balaban J connectivity index is 0.00000163. The minimum Gasteiger partial charge on any atom is -0.480 e. The van der Waals surface area contributed by atoms with E-state index in [0.717, 1.165) is 24.3 Å². The summed E-state index contributed by atoms with van der Waals surface area (Å²) >= 11 is 12.3. The number of halogens is 4. The number of hydrogen-bond acceptors (Lipinski definition) is 37. The molecule has 0 saturated carbocycles. The van der Waals surface area contributed by atoms with Gasteiger partial charge in [0.2, 0.25) is 0 Å². The Bertz CT molecular complexity index is 6100. The highest BCUT2D eigenvalue weighted by atomic mass is 79.9. The van der Waals surface area contributed by atoms with Crippen LogP contribution in [0, 0.1) is 72.9 Å². The van der Waals surface area contributed by atoms with Crippen LogP contribution in [0.1, 0.15) is 188 Å². The normalized spacial score (nSPS) is 13.0. The minimum absolute atomic E-state index is 0.0179. The van der Waals surface area contributed by atoms with Crippen molar-refractivity contribution in [3.63, 3.8) is 0 Å². The fourth-order valence-corrected chi connectivity index (χ4v) is 17.7. The van der Waals surface area contributed by atoms with Gasteiger partial charge in [0.25, 0.3) is 46.4 Å². The fraction of sp³-hybridized carbons (Fsp3) is 0.488. The van der Waals surface area contributed by atoms with Gasteiger partial charge < -0.3 is 60.3 Å². The first kappa shape index (κ1) is 121. The highest BCUT2D eigenvalue weighted by Gasteiger charge is 2.43. The van der Waals surface area contributed by atoms with Gasteiger partial charge >= 0.3 is 47.8 Å². The first-order chi connectivity index (χ1) is 70.3. The Kier molecular flexibility index (Phi) is 43.5. The molecule has 4 aromatic heterocycles. The minimum atomic E-state index is -1.55. The molecule has 0 aliphatic carbocycles. The largest absolute Gasteiger partial charge is 0.480 e. The molecule has 4 unspecified atom stereocenters. The number of nitrogens with one attached hydrogen (secondary N) is 4. The number of ether oxygens (including phenoxy) is 5. The number of nitrogens with zero attached hydrogens (tertiary/aromatic N) is 28. The monoisotopic (exact) mass is 2340 g/mol. The smallest absolute Gasteiger partial charge is 0.320 e. The number of rotatable bonds is 56. The number of aliphatic carboxylic acids is 3. The van der Waals surface area contributed by atoms with Crippen molar-refractivity contribution in [3.05, 3.63) is 247 Å². The highest BCUT2D eigenvalue weighted by molar-refractivity contribution is 9.10. The summed E-state index contributed by atoms with van der Waals surface area (Å²) < 4.78 is 32.4. The molecule has 0 radical (unpaired) electrons. The van der Waals surface area contributed by atoms with Crippen molar-refractivity contribution in [1.82, 2.24) is 81.2 Å². The molecule has 8 rings (SSSR count). The number of azide groups is 4. The molecular formula is C86H100Br4N32O28. The second kappa shape index (κ2) is 54.0. The zero-order valence-corrected chi connectivity index (χ0v) is 88.1. The van der Waals surface area contributed by atoms with Crippen LogP contribution in [-0.2, 0) is 141 Å². The molecule has 0 spiro atoms. The zero-order chi connectivity index (χ0) is 112. The van der Waals surface area contributed by atoms with Crippen LogP contribution in [-0.4, -0.2) is 217 Å². The molecule has 60 nitrogen and oxygen atoms in total. The average molecular weight is 2350 g/mol. The standard InChI is InChI=1S/C81H92Br4N20O28.C5H8N12/c1-76(2,3)133-71(116)59(85)27-80(10,11)75(120)132-39-47-19-15-23-55(63(47)105(127)128)67(109)89-31-51-35-101(97-93-51)43-81(40-98-32-48(90-94-98)28-86-64(106)52-20-12-16-44(60(52)102(121)122)36-129-72(117)77(4,5)24-56(82)68(110)111,41-99-33-49(91-95-99)29-87-65(107)53-21-13-17-45(61(53)103(123)124)37-130-73(118)78(6,7)25-57(83)69(112)113)42-100-34-50(92-96-100)30-88-66(108)54-22-14-18-46(62(54)104(125)126)38-131-74(119)79(8,9)26-58(84)70(114)115;6-14-10-1-5(2-11-15-7,3-12-16-8)4-13-17-9/h12-23,32-35,56-59H,24-31,36-43H2,1-11H3,(H,86,106)(H,87,107)(H,88,108)(H,89,109)(H,110,111)(H,112,113)(H,114,115);1-4H2. The van der Waals surface area contributed by atoms with Crippen molar-refractivity contribution in [2.45, 2.75) is 206 Å². The number of benzene rings is 4. The van der Waals surface area contributed by atoms with Crippen molar-refractivity contribution in [2.75, 3.05) is 26.2 Å². The molecule has 4 amide bonds. The van der Waals surface area contributed by atoms with E-state index in [1.165, 1.54) is 147 Å². The molecule has 150 heavy (non-hydrogen) atoms. The number of carbonyl (C=O) groups is 12. The SMILES string of the molecule is CC(C)(C)OC(=O)C(Br)CC(C)(C)C(=O)OCc1cccc(C(=O)NCc2cn(CC(Cn3cc(CNC(=O)c4cccc(COC(=O)C(C)(C)CC(Br)C(=O)O)c4[N+](=O)[O-])nn3)(Cn3cc(CNC(=O)c4cccc(COC(=O)C(C)(C)CC(Br)C(=O)O)c4[N+](=O)[O-])nn3)Cn3cc(CNC(=O)c4cccc(COC(=O)C(C)(C)CC(Br)C(=O)O)c4[N+](=O)[O-])nn3)nn2)c1[N+](=O)[O-].[N-]=[N+]=NCC(CN=[N+]=[N-])(CN=[N+]=[N-])CN=[N+]=[N-]. The van der Waals surface area contributed by atoms with Gasteiger partial charge in [0.1, 0.15) is 96.4 Å². The maximum absolute atomic E-state index is 14.2. The van der Waals surface area contributed by atoms with E-state index in [2.05, 4.69) is 166 Å². The molecule has 4 aromatic carbocycles. The summed E-state index contributed by atoms with van der Waals surface area (Å²) in [5.74, 6) is -12.0.